The number of halogens is 3. The molecule has 0 fully saturated rings. The number of hydrogen-bond acceptors (Lipinski definition) is 2. The molecule has 2 aromatic rings. The second kappa shape index (κ2) is 6.16. The Morgan fingerprint density at radius 3 is 2.47 bits per heavy atom. The van der Waals surface area contributed by atoms with Crippen molar-refractivity contribution in [1.29, 1.82) is 5.26 Å². The van der Waals surface area contributed by atoms with Crippen molar-refractivity contribution in [2.75, 3.05) is 0 Å². The molecule has 0 aliphatic carbocycles. The van der Waals surface area contributed by atoms with E-state index in [2.05, 4.69) is 6.07 Å². The van der Waals surface area contributed by atoms with Crippen molar-refractivity contribution in [2.24, 2.45) is 0 Å². The number of hydrogen-bond donors (Lipinski definition) is 0. The van der Waals surface area contributed by atoms with Crippen LogP contribution in [0.15, 0.2) is 36.4 Å². The molecule has 0 aliphatic heterocycles. The molecule has 0 spiro atoms. The number of ether oxygens (including phenoxy) is 1. The first kappa shape index (κ1) is 14.0. The van der Waals surface area contributed by atoms with Crippen LogP contribution in [0.5, 0.6) is 5.75 Å². The lowest BCUT2D eigenvalue weighted by molar-refractivity contribution is 0.306. The highest BCUT2D eigenvalue weighted by atomic mass is 35.5. The Morgan fingerprint density at radius 2 is 1.74 bits per heavy atom. The minimum absolute atomic E-state index is 0.299. The second-order valence-electron chi connectivity index (χ2n) is 3.80. The average molecular weight is 313 g/mol. The van der Waals surface area contributed by atoms with E-state index in [1.165, 1.54) is 6.07 Å². The smallest absolute Gasteiger partial charge is 0.139 e. The fourth-order valence-electron chi connectivity index (χ4n) is 1.51. The van der Waals surface area contributed by atoms with Gasteiger partial charge in [-0.1, -0.05) is 46.9 Å². The van der Waals surface area contributed by atoms with Crippen LogP contribution in [-0.4, -0.2) is 0 Å². The lowest BCUT2D eigenvalue weighted by Crippen LogP contribution is -1.96. The summed E-state index contributed by atoms with van der Waals surface area (Å²) in [5.74, 6) is 0.457. The third-order valence-electron chi connectivity index (χ3n) is 2.43. The van der Waals surface area contributed by atoms with Crippen LogP contribution in [0.2, 0.25) is 15.1 Å². The van der Waals surface area contributed by atoms with E-state index in [-0.39, 0.29) is 0 Å². The molecule has 0 amide bonds. The first-order valence-corrected chi connectivity index (χ1v) is 6.50. The monoisotopic (exact) mass is 311 g/mol. The van der Waals surface area contributed by atoms with Gasteiger partial charge in [-0.2, -0.15) is 5.26 Å². The molecule has 0 radical (unpaired) electrons. The molecule has 19 heavy (non-hydrogen) atoms. The Bertz CT molecular complexity index is 650. The van der Waals surface area contributed by atoms with Gasteiger partial charge in [-0.05, 0) is 23.8 Å². The molecule has 5 heteroatoms. The SMILES string of the molecule is N#Cc1cccc(COc2cc(Cl)c(Cl)cc2Cl)c1. The van der Waals surface area contributed by atoms with Gasteiger partial charge in [0.2, 0.25) is 0 Å². The molecule has 0 unspecified atom stereocenters. The third-order valence-corrected chi connectivity index (χ3v) is 3.44. The standard InChI is InChI=1S/C14H8Cl3NO/c15-11-5-13(17)14(6-12(11)16)19-8-10-3-1-2-9(4-10)7-18/h1-6H,8H2. The summed E-state index contributed by atoms with van der Waals surface area (Å²) in [6.07, 6.45) is 0. The molecule has 2 nitrogen and oxygen atoms in total. The summed E-state index contributed by atoms with van der Waals surface area (Å²) >= 11 is 17.7. The summed E-state index contributed by atoms with van der Waals surface area (Å²) in [4.78, 5) is 0. The van der Waals surface area contributed by atoms with E-state index in [4.69, 9.17) is 44.8 Å². The molecule has 0 heterocycles. The van der Waals surface area contributed by atoms with Crippen LogP contribution in [0.3, 0.4) is 0 Å². The van der Waals surface area contributed by atoms with Crippen LogP contribution in [0, 0.1) is 11.3 Å². The van der Waals surface area contributed by atoms with Crippen molar-refractivity contribution < 1.29 is 4.74 Å². The Kier molecular flexibility index (Phi) is 4.55. The van der Waals surface area contributed by atoms with E-state index in [9.17, 15) is 0 Å². The molecule has 0 aromatic heterocycles. The molecule has 2 rings (SSSR count). The lowest BCUT2D eigenvalue weighted by atomic mass is 10.1. The number of nitrogens with zero attached hydrogens (tertiary/aromatic N) is 1. The van der Waals surface area contributed by atoms with Crippen LogP contribution in [0.1, 0.15) is 11.1 Å². The van der Waals surface area contributed by atoms with Gasteiger partial charge in [0, 0.05) is 6.07 Å². The van der Waals surface area contributed by atoms with E-state index >= 15 is 0 Å². The highest BCUT2D eigenvalue weighted by molar-refractivity contribution is 6.43. The van der Waals surface area contributed by atoms with Crippen molar-refractivity contribution in [3.8, 4) is 11.8 Å². The van der Waals surface area contributed by atoms with Crippen molar-refractivity contribution in [3.63, 3.8) is 0 Å². The molecule has 0 N–H and O–H groups in total. The van der Waals surface area contributed by atoms with Crippen LogP contribution < -0.4 is 4.74 Å². The quantitative estimate of drug-likeness (QED) is 0.739. The first-order valence-electron chi connectivity index (χ1n) is 5.36. The van der Waals surface area contributed by atoms with Crippen LogP contribution in [0.25, 0.3) is 0 Å². The molecular weight excluding hydrogens is 305 g/mol. The summed E-state index contributed by atoms with van der Waals surface area (Å²) < 4.78 is 5.57. The highest BCUT2D eigenvalue weighted by Gasteiger charge is 2.07. The van der Waals surface area contributed by atoms with Gasteiger partial charge in [-0.3, -0.25) is 0 Å². The third kappa shape index (κ3) is 3.54. The zero-order chi connectivity index (χ0) is 13.8. The molecule has 0 aliphatic rings. The topological polar surface area (TPSA) is 33.0 Å². The summed E-state index contributed by atoms with van der Waals surface area (Å²) in [6.45, 7) is 0.299. The van der Waals surface area contributed by atoms with E-state index < -0.39 is 0 Å². The van der Waals surface area contributed by atoms with E-state index in [0.29, 0.717) is 33.0 Å². The van der Waals surface area contributed by atoms with E-state index in [1.807, 2.05) is 6.07 Å². The largest absolute Gasteiger partial charge is 0.487 e. The van der Waals surface area contributed by atoms with Gasteiger partial charge in [0.1, 0.15) is 12.4 Å². The summed E-state index contributed by atoms with van der Waals surface area (Å²) in [5, 5.41) is 9.97. The van der Waals surface area contributed by atoms with Gasteiger partial charge in [-0.25, -0.2) is 0 Å². The average Bonchev–Trinajstić information content (AvgIpc) is 2.41. The molecule has 0 atom stereocenters. The van der Waals surface area contributed by atoms with E-state index in [0.717, 1.165) is 5.56 Å². The molecule has 2 aromatic carbocycles. The Hall–Kier alpha value is -1.40. The van der Waals surface area contributed by atoms with Crippen LogP contribution >= 0.6 is 34.8 Å². The maximum absolute atomic E-state index is 8.81. The van der Waals surface area contributed by atoms with Crippen molar-refractivity contribution in [1.82, 2.24) is 0 Å². The fourth-order valence-corrected chi connectivity index (χ4v) is 2.10. The fraction of sp³-hybridized carbons (Fsp3) is 0.0714. The molecule has 0 saturated carbocycles. The summed E-state index contributed by atoms with van der Waals surface area (Å²) in [5.41, 5.74) is 1.46. The minimum atomic E-state index is 0.299. The van der Waals surface area contributed by atoms with E-state index in [1.54, 1.807) is 24.3 Å². The van der Waals surface area contributed by atoms with Gasteiger partial charge >= 0.3 is 0 Å². The lowest BCUT2D eigenvalue weighted by Gasteiger charge is -2.09. The zero-order valence-corrected chi connectivity index (χ0v) is 11.9. The maximum Gasteiger partial charge on any atom is 0.139 e. The number of benzene rings is 2. The van der Waals surface area contributed by atoms with Crippen LogP contribution in [-0.2, 0) is 6.61 Å². The predicted octanol–water partition coefficient (Wildman–Crippen LogP) is 5.10. The van der Waals surface area contributed by atoms with Crippen molar-refractivity contribution in [3.05, 3.63) is 62.6 Å². The molecular formula is C14H8Cl3NO. The minimum Gasteiger partial charge on any atom is -0.487 e. The van der Waals surface area contributed by atoms with Gasteiger partial charge < -0.3 is 4.74 Å². The number of nitriles is 1. The second-order valence-corrected chi connectivity index (χ2v) is 5.02. The zero-order valence-electron chi connectivity index (χ0n) is 9.66. The normalized spacial score (nSPS) is 10.0. The predicted molar refractivity (Wildman–Crippen MR) is 77.0 cm³/mol. The number of rotatable bonds is 3. The van der Waals surface area contributed by atoms with Crippen molar-refractivity contribution in [2.45, 2.75) is 6.61 Å². The Morgan fingerprint density at radius 1 is 1.00 bits per heavy atom. The van der Waals surface area contributed by atoms with Crippen molar-refractivity contribution >= 4 is 34.8 Å². The molecule has 0 bridgehead atoms. The van der Waals surface area contributed by atoms with Gasteiger partial charge in [0.15, 0.2) is 0 Å². The van der Waals surface area contributed by atoms with Gasteiger partial charge in [-0.15, -0.1) is 0 Å². The first-order chi connectivity index (χ1) is 9.10. The maximum atomic E-state index is 8.81. The molecule has 0 saturated heterocycles. The Labute approximate surface area is 126 Å². The van der Waals surface area contributed by atoms with Gasteiger partial charge in [0.05, 0.1) is 26.7 Å². The van der Waals surface area contributed by atoms with Gasteiger partial charge in [0.25, 0.3) is 0 Å². The molecule has 96 valence electrons. The van der Waals surface area contributed by atoms with Crippen LogP contribution in [0.4, 0.5) is 0 Å². The summed E-state index contributed by atoms with van der Waals surface area (Å²) in [7, 11) is 0. The Balaban J connectivity index is 2.14. The highest BCUT2D eigenvalue weighted by Crippen LogP contribution is 2.34. The summed E-state index contributed by atoms with van der Waals surface area (Å²) in [6, 6.07) is 12.3.